The van der Waals surface area contributed by atoms with Crippen molar-refractivity contribution in [2.24, 2.45) is 0 Å². The molecule has 0 aliphatic carbocycles. The minimum absolute atomic E-state index is 0.0788. The van der Waals surface area contributed by atoms with Crippen LogP contribution in [0.25, 0.3) is 11.0 Å². The van der Waals surface area contributed by atoms with Gasteiger partial charge in [0.05, 0.1) is 0 Å². The zero-order valence-corrected chi connectivity index (χ0v) is 16.7. The molecule has 0 fully saturated rings. The number of carbonyl (C=O) groups is 2. The number of carbonyl (C=O) groups excluding carboxylic acids is 2. The number of hydrogen-bond donors (Lipinski definition) is 3. The first-order valence-electron chi connectivity index (χ1n) is 8.74. The monoisotopic (exact) mass is 453 g/mol. The number of para-hydroxylation sites is 2. The lowest BCUT2D eigenvalue weighted by atomic mass is 10.1. The number of hydrogen-bond acceptors (Lipinski definition) is 4. The van der Waals surface area contributed by atoms with E-state index in [0.29, 0.717) is 22.6 Å². The number of benzene rings is 2. The Kier molecular flexibility index (Phi) is 5.35. The molecule has 29 heavy (non-hydrogen) atoms. The Morgan fingerprint density at radius 2 is 1.72 bits per heavy atom. The van der Waals surface area contributed by atoms with Gasteiger partial charge in [0.1, 0.15) is 23.6 Å². The Morgan fingerprint density at radius 1 is 1.00 bits per heavy atom. The van der Waals surface area contributed by atoms with Crippen molar-refractivity contribution in [1.29, 1.82) is 0 Å². The molecular weight excluding hydrogens is 438 g/mol. The summed E-state index contributed by atoms with van der Waals surface area (Å²) in [5.74, 6) is -0.307. The van der Waals surface area contributed by atoms with Gasteiger partial charge in [-0.15, -0.1) is 0 Å². The molecule has 0 saturated carbocycles. The zero-order chi connectivity index (χ0) is 20.2. The number of H-pyrrole nitrogens is 1. The molecule has 7 nitrogen and oxygen atoms in total. The van der Waals surface area contributed by atoms with Gasteiger partial charge in [-0.05, 0) is 40.2 Å². The molecule has 2 aromatic carbocycles. The molecular formula is C21H16BrN3O4. The maximum absolute atomic E-state index is 12.7. The van der Waals surface area contributed by atoms with E-state index in [9.17, 15) is 9.59 Å². The van der Waals surface area contributed by atoms with Crippen LogP contribution in [-0.4, -0.2) is 16.8 Å². The third-order valence-corrected chi connectivity index (χ3v) is 4.67. The highest BCUT2D eigenvalue weighted by molar-refractivity contribution is 9.10. The fourth-order valence-corrected chi connectivity index (χ4v) is 3.18. The molecule has 0 aliphatic rings. The number of hydrazine groups is 1. The molecule has 8 heteroatoms. The van der Waals surface area contributed by atoms with E-state index in [1.165, 1.54) is 0 Å². The van der Waals surface area contributed by atoms with E-state index < -0.39 is 11.8 Å². The lowest BCUT2D eigenvalue weighted by Crippen LogP contribution is -2.42. The van der Waals surface area contributed by atoms with E-state index in [1.54, 1.807) is 18.3 Å². The van der Waals surface area contributed by atoms with E-state index in [2.05, 4.69) is 31.8 Å². The minimum atomic E-state index is -0.577. The van der Waals surface area contributed by atoms with Gasteiger partial charge in [-0.3, -0.25) is 20.4 Å². The lowest BCUT2D eigenvalue weighted by Gasteiger charge is -2.08. The second-order valence-corrected chi connectivity index (χ2v) is 7.06. The van der Waals surface area contributed by atoms with E-state index in [4.69, 9.17) is 9.15 Å². The maximum Gasteiger partial charge on any atom is 0.305 e. The first-order valence-corrected chi connectivity index (χ1v) is 9.54. The van der Waals surface area contributed by atoms with Crippen LogP contribution in [-0.2, 0) is 6.61 Å². The van der Waals surface area contributed by atoms with Gasteiger partial charge in [-0.1, -0.05) is 36.4 Å². The van der Waals surface area contributed by atoms with Crippen LogP contribution in [0.2, 0.25) is 0 Å². The van der Waals surface area contributed by atoms with Crippen molar-refractivity contribution in [3.63, 3.8) is 0 Å². The van der Waals surface area contributed by atoms with Crippen LogP contribution in [0.1, 0.15) is 26.6 Å². The van der Waals surface area contributed by atoms with Crippen LogP contribution < -0.4 is 15.6 Å². The highest BCUT2D eigenvalue weighted by Gasteiger charge is 2.22. The molecule has 0 bridgehead atoms. The fraction of sp³-hybridized carbons (Fsp3) is 0.0476. The van der Waals surface area contributed by atoms with Gasteiger partial charge in [0, 0.05) is 21.6 Å². The summed E-state index contributed by atoms with van der Waals surface area (Å²) in [4.78, 5) is 27.6. The standard InChI is InChI=1S/C21H16BrN3O4/c22-13-10-17(23-11-13)20(26)24-25-21(27)19-16(12-28-14-6-2-1-3-7-14)15-8-4-5-9-18(15)29-19/h1-11,23H,12H2,(H,24,26)(H,25,27). The number of ether oxygens (including phenoxy) is 1. The fourth-order valence-electron chi connectivity index (χ4n) is 2.83. The van der Waals surface area contributed by atoms with Crippen molar-refractivity contribution >= 4 is 38.7 Å². The quantitative estimate of drug-likeness (QED) is 0.395. The second kappa shape index (κ2) is 8.24. The lowest BCUT2D eigenvalue weighted by molar-refractivity contribution is 0.0828. The van der Waals surface area contributed by atoms with E-state index in [1.807, 2.05) is 48.5 Å². The molecule has 0 unspecified atom stereocenters. The first kappa shape index (κ1) is 18.8. The number of aromatic amines is 1. The molecule has 0 radical (unpaired) electrons. The molecule has 0 saturated heterocycles. The SMILES string of the molecule is O=C(NNC(=O)c1oc2ccccc2c1COc1ccccc1)c1cc(Br)c[nH]1. The van der Waals surface area contributed by atoms with Gasteiger partial charge in [0.2, 0.25) is 5.76 Å². The number of rotatable bonds is 5. The number of amides is 2. The minimum Gasteiger partial charge on any atom is -0.489 e. The van der Waals surface area contributed by atoms with Crippen LogP contribution >= 0.6 is 15.9 Å². The van der Waals surface area contributed by atoms with Crippen LogP contribution in [0.4, 0.5) is 0 Å². The molecule has 0 aliphatic heterocycles. The summed E-state index contributed by atoms with van der Waals surface area (Å²) in [6.45, 7) is 0.140. The highest BCUT2D eigenvalue weighted by Crippen LogP contribution is 2.27. The van der Waals surface area contributed by atoms with Crippen molar-refractivity contribution < 1.29 is 18.7 Å². The third-order valence-electron chi connectivity index (χ3n) is 4.21. The Morgan fingerprint density at radius 3 is 2.48 bits per heavy atom. The summed E-state index contributed by atoms with van der Waals surface area (Å²) in [6.07, 6.45) is 1.62. The molecule has 3 N–H and O–H groups in total. The summed E-state index contributed by atoms with van der Waals surface area (Å²) >= 11 is 3.26. The largest absolute Gasteiger partial charge is 0.489 e. The van der Waals surface area contributed by atoms with Crippen molar-refractivity contribution in [1.82, 2.24) is 15.8 Å². The summed E-state index contributed by atoms with van der Waals surface area (Å²) in [7, 11) is 0. The van der Waals surface area contributed by atoms with E-state index >= 15 is 0 Å². The van der Waals surface area contributed by atoms with E-state index in [-0.39, 0.29) is 12.4 Å². The number of fused-ring (bicyclic) bond motifs is 1. The molecule has 2 aromatic heterocycles. The molecule has 2 heterocycles. The number of furan rings is 1. The Bertz CT molecular complexity index is 1170. The van der Waals surface area contributed by atoms with Crippen LogP contribution in [0.15, 0.2) is 75.8 Å². The van der Waals surface area contributed by atoms with Gasteiger partial charge >= 0.3 is 5.91 Å². The van der Waals surface area contributed by atoms with Crippen molar-refractivity contribution in [3.05, 3.63) is 88.4 Å². The Hall–Kier alpha value is -3.52. The van der Waals surface area contributed by atoms with Crippen molar-refractivity contribution in [2.75, 3.05) is 0 Å². The second-order valence-electron chi connectivity index (χ2n) is 6.15. The summed E-state index contributed by atoms with van der Waals surface area (Å²) in [5, 5.41) is 0.771. The third kappa shape index (κ3) is 4.17. The zero-order valence-electron chi connectivity index (χ0n) is 15.1. The van der Waals surface area contributed by atoms with Gasteiger partial charge in [0.15, 0.2) is 0 Å². The highest BCUT2D eigenvalue weighted by atomic mass is 79.9. The van der Waals surface area contributed by atoms with E-state index in [0.717, 1.165) is 9.86 Å². The smallest absolute Gasteiger partial charge is 0.305 e. The number of nitrogens with one attached hydrogen (secondary N) is 3. The van der Waals surface area contributed by atoms with Crippen molar-refractivity contribution in [3.8, 4) is 5.75 Å². The summed E-state index contributed by atoms with van der Waals surface area (Å²) in [5.41, 5.74) is 6.20. The first-order chi connectivity index (χ1) is 14.1. The predicted octanol–water partition coefficient (Wildman–Crippen LogP) is 4.18. The maximum atomic E-state index is 12.7. The normalized spacial score (nSPS) is 10.7. The van der Waals surface area contributed by atoms with Gasteiger partial charge in [0.25, 0.3) is 5.91 Å². The predicted molar refractivity (Wildman–Crippen MR) is 110 cm³/mol. The average Bonchev–Trinajstić information content (AvgIpc) is 3.34. The van der Waals surface area contributed by atoms with Crippen LogP contribution in [0, 0.1) is 0 Å². The topological polar surface area (TPSA) is 96.4 Å². The molecule has 146 valence electrons. The Labute approximate surface area is 174 Å². The molecule has 0 spiro atoms. The van der Waals surface area contributed by atoms with Gasteiger partial charge < -0.3 is 14.1 Å². The summed E-state index contributed by atoms with van der Waals surface area (Å²) in [6, 6.07) is 18.2. The molecule has 4 aromatic rings. The van der Waals surface area contributed by atoms with Gasteiger partial charge in [-0.2, -0.15) is 0 Å². The number of halogens is 1. The Balaban J connectivity index is 1.54. The summed E-state index contributed by atoms with van der Waals surface area (Å²) < 4.78 is 12.3. The van der Waals surface area contributed by atoms with Crippen LogP contribution in [0.3, 0.4) is 0 Å². The number of aromatic nitrogens is 1. The van der Waals surface area contributed by atoms with Crippen LogP contribution in [0.5, 0.6) is 5.75 Å². The van der Waals surface area contributed by atoms with Crippen molar-refractivity contribution in [2.45, 2.75) is 6.61 Å². The molecule has 2 amide bonds. The molecule has 4 rings (SSSR count). The molecule has 0 atom stereocenters. The average molecular weight is 454 g/mol. The van der Waals surface area contributed by atoms with Gasteiger partial charge in [-0.25, -0.2) is 0 Å².